The number of aliphatic hydroxyl groups is 1. The Morgan fingerprint density at radius 1 is 1.37 bits per heavy atom. The molecule has 0 aromatic heterocycles. The van der Waals surface area contributed by atoms with Crippen LogP contribution >= 0.6 is 11.8 Å². The number of ether oxygens (including phenoxy) is 1. The van der Waals surface area contributed by atoms with Crippen molar-refractivity contribution in [1.82, 2.24) is 0 Å². The van der Waals surface area contributed by atoms with E-state index in [9.17, 15) is 5.11 Å². The van der Waals surface area contributed by atoms with Gasteiger partial charge in [0, 0.05) is 17.5 Å². The van der Waals surface area contributed by atoms with Crippen molar-refractivity contribution in [2.45, 2.75) is 31.8 Å². The van der Waals surface area contributed by atoms with Crippen molar-refractivity contribution in [3.05, 3.63) is 24.3 Å². The minimum Gasteiger partial charge on any atom is -0.491 e. The van der Waals surface area contributed by atoms with Gasteiger partial charge in [0.05, 0.1) is 6.10 Å². The molecule has 0 heterocycles. The molecule has 0 aliphatic heterocycles. The molecule has 0 spiro atoms. The van der Waals surface area contributed by atoms with E-state index in [4.69, 9.17) is 10.5 Å². The summed E-state index contributed by atoms with van der Waals surface area (Å²) in [7, 11) is 0. The molecule has 1 aliphatic carbocycles. The van der Waals surface area contributed by atoms with Crippen molar-refractivity contribution >= 4 is 17.4 Å². The van der Waals surface area contributed by atoms with Crippen molar-refractivity contribution in [3.63, 3.8) is 0 Å². The summed E-state index contributed by atoms with van der Waals surface area (Å²) >= 11 is 1.84. The van der Waals surface area contributed by atoms with Gasteiger partial charge in [-0.2, -0.15) is 11.8 Å². The highest BCUT2D eigenvalue weighted by molar-refractivity contribution is 7.99. The average Bonchev–Trinajstić information content (AvgIpc) is 2.90. The maximum atomic E-state index is 9.88. The van der Waals surface area contributed by atoms with Crippen LogP contribution in [0.25, 0.3) is 0 Å². The van der Waals surface area contributed by atoms with Gasteiger partial charge in [0.15, 0.2) is 0 Å². The van der Waals surface area contributed by atoms with Gasteiger partial charge in [0.25, 0.3) is 0 Å². The summed E-state index contributed by atoms with van der Waals surface area (Å²) in [6.45, 7) is 0.334. The van der Waals surface area contributed by atoms with E-state index in [1.807, 2.05) is 30.0 Å². The molecule has 3 nitrogen and oxygen atoms in total. The first kappa shape index (κ1) is 14.5. The van der Waals surface area contributed by atoms with E-state index in [0.717, 1.165) is 17.4 Å². The number of rotatable bonds is 7. The van der Waals surface area contributed by atoms with E-state index < -0.39 is 6.10 Å². The summed E-state index contributed by atoms with van der Waals surface area (Å²) in [5, 5.41) is 9.88. The van der Waals surface area contributed by atoms with Crippen molar-refractivity contribution in [1.29, 1.82) is 0 Å². The van der Waals surface area contributed by atoms with Gasteiger partial charge in [0.2, 0.25) is 0 Å². The largest absolute Gasteiger partial charge is 0.491 e. The summed E-state index contributed by atoms with van der Waals surface area (Å²) in [5.74, 6) is 3.51. The van der Waals surface area contributed by atoms with Crippen LogP contribution in [0.2, 0.25) is 0 Å². The highest BCUT2D eigenvalue weighted by Gasteiger charge is 2.15. The minimum atomic E-state index is -0.409. The fourth-order valence-electron chi connectivity index (χ4n) is 2.39. The fourth-order valence-corrected chi connectivity index (χ4v) is 3.56. The number of nitrogen functional groups attached to an aromatic ring is 1. The Hall–Kier alpha value is -0.870. The molecule has 3 N–H and O–H groups in total. The molecule has 19 heavy (non-hydrogen) atoms. The van der Waals surface area contributed by atoms with Gasteiger partial charge in [-0.1, -0.05) is 18.9 Å². The molecule has 0 saturated heterocycles. The molecule has 1 aliphatic rings. The van der Waals surface area contributed by atoms with Crippen LogP contribution in [-0.2, 0) is 0 Å². The summed E-state index contributed by atoms with van der Waals surface area (Å²) < 4.78 is 5.53. The van der Waals surface area contributed by atoms with Crippen molar-refractivity contribution in [2.75, 3.05) is 23.8 Å². The Labute approximate surface area is 119 Å². The van der Waals surface area contributed by atoms with Crippen LogP contribution in [0.15, 0.2) is 24.3 Å². The molecular weight excluding hydrogens is 258 g/mol. The zero-order valence-corrected chi connectivity index (χ0v) is 12.1. The lowest BCUT2D eigenvalue weighted by Gasteiger charge is -2.14. The smallest absolute Gasteiger partial charge is 0.121 e. The zero-order chi connectivity index (χ0) is 13.5. The normalized spacial score (nSPS) is 17.5. The van der Waals surface area contributed by atoms with Crippen LogP contribution in [-0.4, -0.2) is 29.3 Å². The maximum absolute atomic E-state index is 9.88. The first-order valence-electron chi connectivity index (χ1n) is 6.98. The molecular formula is C15H23NO2S. The first-order valence-corrected chi connectivity index (χ1v) is 8.13. The highest BCUT2D eigenvalue weighted by Crippen LogP contribution is 2.28. The summed E-state index contributed by atoms with van der Waals surface area (Å²) in [5.41, 5.74) is 6.35. The number of nitrogens with two attached hydrogens (primary N) is 1. The molecule has 0 radical (unpaired) electrons. The van der Waals surface area contributed by atoms with E-state index in [0.29, 0.717) is 12.3 Å². The SMILES string of the molecule is Nc1cccc(OCC(O)CSCC2CCCC2)c1. The molecule has 0 bridgehead atoms. The Balaban J connectivity index is 1.60. The van der Waals surface area contributed by atoms with Crippen LogP contribution in [0.1, 0.15) is 25.7 Å². The highest BCUT2D eigenvalue weighted by atomic mass is 32.2. The number of hydrogen-bond acceptors (Lipinski definition) is 4. The van der Waals surface area contributed by atoms with Crippen LogP contribution < -0.4 is 10.5 Å². The molecule has 2 rings (SSSR count). The second-order valence-electron chi connectivity index (χ2n) is 5.23. The molecule has 1 fully saturated rings. The van der Waals surface area contributed by atoms with Gasteiger partial charge < -0.3 is 15.6 Å². The summed E-state index contributed by atoms with van der Waals surface area (Å²) in [6, 6.07) is 7.31. The Morgan fingerprint density at radius 3 is 2.89 bits per heavy atom. The van der Waals surface area contributed by atoms with Crippen molar-refractivity contribution in [3.8, 4) is 5.75 Å². The van der Waals surface area contributed by atoms with Gasteiger partial charge in [-0.25, -0.2) is 0 Å². The second-order valence-corrected chi connectivity index (χ2v) is 6.30. The quantitative estimate of drug-likeness (QED) is 0.755. The Kier molecular flexibility index (Phi) is 5.86. The molecule has 106 valence electrons. The van der Waals surface area contributed by atoms with E-state index in [1.165, 1.54) is 31.4 Å². The van der Waals surface area contributed by atoms with Gasteiger partial charge in [-0.3, -0.25) is 0 Å². The van der Waals surface area contributed by atoms with Gasteiger partial charge >= 0.3 is 0 Å². The predicted octanol–water partition coefficient (Wildman–Crippen LogP) is 2.93. The molecule has 1 aromatic rings. The summed E-state index contributed by atoms with van der Waals surface area (Å²) in [4.78, 5) is 0. The van der Waals surface area contributed by atoms with Crippen molar-refractivity contribution in [2.24, 2.45) is 5.92 Å². The number of thioether (sulfide) groups is 1. The third-order valence-electron chi connectivity index (χ3n) is 3.44. The zero-order valence-electron chi connectivity index (χ0n) is 11.3. The topological polar surface area (TPSA) is 55.5 Å². The monoisotopic (exact) mass is 281 g/mol. The molecule has 0 amide bonds. The predicted molar refractivity (Wildman–Crippen MR) is 81.6 cm³/mol. The molecule has 1 atom stereocenters. The first-order chi connectivity index (χ1) is 9.24. The lowest BCUT2D eigenvalue weighted by molar-refractivity contribution is 0.126. The molecule has 1 aromatic carbocycles. The van der Waals surface area contributed by atoms with E-state index >= 15 is 0 Å². The van der Waals surface area contributed by atoms with E-state index in [2.05, 4.69) is 0 Å². The molecule has 1 saturated carbocycles. The lowest BCUT2D eigenvalue weighted by atomic mass is 10.1. The summed E-state index contributed by atoms with van der Waals surface area (Å²) in [6.07, 6.45) is 5.08. The third kappa shape index (κ3) is 5.33. The van der Waals surface area contributed by atoms with E-state index in [-0.39, 0.29) is 0 Å². The van der Waals surface area contributed by atoms with Gasteiger partial charge in [-0.15, -0.1) is 0 Å². The fraction of sp³-hybridized carbons (Fsp3) is 0.600. The molecule has 1 unspecified atom stereocenters. The standard InChI is InChI=1S/C15H23NO2S/c16-13-6-3-7-15(8-13)18-9-14(17)11-19-10-12-4-1-2-5-12/h3,6-8,12,14,17H,1-2,4-5,9-11,16H2. The third-order valence-corrected chi connectivity index (χ3v) is 4.77. The lowest BCUT2D eigenvalue weighted by Crippen LogP contribution is -2.20. The second kappa shape index (κ2) is 7.65. The average molecular weight is 281 g/mol. The van der Waals surface area contributed by atoms with E-state index in [1.54, 1.807) is 6.07 Å². The van der Waals surface area contributed by atoms with Gasteiger partial charge in [0.1, 0.15) is 12.4 Å². The number of benzene rings is 1. The van der Waals surface area contributed by atoms with Crippen LogP contribution in [0.4, 0.5) is 5.69 Å². The van der Waals surface area contributed by atoms with Crippen LogP contribution in [0, 0.1) is 5.92 Å². The number of anilines is 1. The van der Waals surface area contributed by atoms with Gasteiger partial charge in [-0.05, 0) is 36.6 Å². The number of aliphatic hydroxyl groups excluding tert-OH is 1. The Bertz CT molecular complexity index is 380. The minimum absolute atomic E-state index is 0.334. The Morgan fingerprint density at radius 2 is 2.16 bits per heavy atom. The van der Waals surface area contributed by atoms with Crippen LogP contribution in [0.5, 0.6) is 5.75 Å². The van der Waals surface area contributed by atoms with Crippen molar-refractivity contribution < 1.29 is 9.84 Å². The van der Waals surface area contributed by atoms with Crippen LogP contribution in [0.3, 0.4) is 0 Å². The number of hydrogen-bond donors (Lipinski definition) is 2. The maximum Gasteiger partial charge on any atom is 0.121 e. The molecule has 4 heteroatoms.